The smallest absolute Gasteiger partial charge is 0.126 e. The highest BCUT2D eigenvalue weighted by Gasteiger charge is 2.35. The molecule has 1 N–H and O–H groups in total. The molecule has 1 fully saturated rings. The number of hydrogen-bond acceptors (Lipinski definition) is 1. The average Bonchev–Trinajstić information content (AvgIpc) is 2.99. The highest BCUT2D eigenvalue weighted by Crippen LogP contribution is 2.34. The number of benzene rings is 1. The van der Waals surface area contributed by atoms with E-state index in [1.165, 1.54) is 24.8 Å². The Morgan fingerprint density at radius 3 is 2.94 bits per heavy atom. The molecule has 1 aromatic carbocycles. The second kappa shape index (κ2) is 4.96. The van der Waals surface area contributed by atoms with Crippen LogP contribution in [0.1, 0.15) is 37.3 Å². The molecule has 1 nitrogen and oxygen atoms in total. The zero-order valence-corrected chi connectivity index (χ0v) is 10.1. The first-order valence-electron chi connectivity index (χ1n) is 6.19. The van der Waals surface area contributed by atoms with Gasteiger partial charge in [0.15, 0.2) is 0 Å². The first-order chi connectivity index (χ1) is 7.70. The summed E-state index contributed by atoms with van der Waals surface area (Å²) in [5.41, 5.74) is 1.92. The standard InChI is InChI=1S/C14H20FN/c1-3-4-12-8-14(12)16-9-11-5-6-13(15)10(2)7-11/h5-7,12,14,16H,3-4,8-9H2,1-2H3. The fourth-order valence-corrected chi connectivity index (χ4v) is 2.25. The van der Waals surface area contributed by atoms with Crippen molar-refractivity contribution in [3.63, 3.8) is 0 Å². The van der Waals surface area contributed by atoms with E-state index in [4.69, 9.17) is 0 Å². The van der Waals surface area contributed by atoms with Gasteiger partial charge in [0.1, 0.15) is 5.82 Å². The van der Waals surface area contributed by atoms with E-state index in [9.17, 15) is 4.39 Å². The molecule has 1 aliphatic carbocycles. The molecule has 0 saturated heterocycles. The SMILES string of the molecule is CCCC1CC1NCc1ccc(F)c(C)c1. The number of nitrogens with one attached hydrogen (secondary N) is 1. The van der Waals surface area contributed by atoms with E-state index in [2.05, 4.69) is 12.2 Å². The summed E-state index contributed by atoms with van der Waals surface area (Å²) in [5, 5.41) is 3.53. The van der Waals surface area contributed by atoms with Crippen molar-refractivity contribution < 1.29 is 4.39 Å². The average molecular weight is 221 g/mol. The van der Waals surface area contributed by atoms with Gasteiger partial charge in [-0.05, 0) is 42.9 Å². The van der Waals surface area contributed by atoms with Crippen LogP contribution < -0.4 is 5.32 Å². The lowest BCUT2D eigenvalue weighted by Gasteiger charge is -2.05. The quantitative estimate of drug-likeness (QED) is 0.803. The molecule has 2 heteroatoms. The Balaban J connectivity index is 1.80. The van der Waals surface area contributed by atoms with Crippen LogP contribution in [0.25, 0.3) is 0 Å². The summed E-state index contributed by atoms with van der Waals surface area (Å²) in [6.45, 7) is 4.92. The molecule has 0 heterocycles. The first-order valence-corrected chi connectivity index (χ1v) is 6.19. The second-order valence-corrected chi connectivity index (χ2v) is 4.86. The summed E-state index contributed by atoms with van der Waals surface area (Å²) in [7, 11) is 0. The van der Waals surface area contributed by atoms with Crippen molar-refractivity contribution in [2.75, 3.05) is 0 Å². The molecule has 0 radical (unpaired) electrons. The molecule has 1 aliphatic rings. The minimum Gasteiger partial charge on any atom is -0.310 e. The van der Waals surface area contributed by atoms with Crippen molar-refractivity contribution in [1.82, 2.24) is 5.32 Å². The maximum atomic E-state index is 13.1. The van der Waals surface area contributed by atoms with Gasteiger partial charge in [0.2, 0.25) is 0 Å². The van der Waals surface area contributed by atoms with Crippen LogP contribution in [0, 0.1) is 18.7 Å². The molecule has 1 saturated carbocycles. The van der Waals surface area contributed by atoms with E-state index >= 15 is 0 Å². The van der Waals surface area contributed by atoms with Crippen LogP contribution in [0.2, 0.25) is 0 Å². The van der Waals surface area contributed by atoms with E-state index < -0.39 is 0 Å². The van der Waals surface area contributed by atoms with Gasteiger partial charge in [-0.2, -0.15) is 0 Å². The predicted molar refractivity (Wildman–Crippen MR) is 64.8 cm³/mol. The van der Waals surface area contributed by atoms with E-state index in [0.717, 1.165) is 18.0 Å². The zero-order valence-electron chi connectivity index (χ0n) is 10.1. The Labute approximate surface area is 97.1 Å². The zero-order chi connectivity index (χ0) is 11.5. The van der Waals surface area contributed by atoms with Crippen molar-refractivity contribution in [1.29, 1.82) is 0 Å². The van der Waals surface area contributed by atoms with Gasteiger partial charge in [-0.3, -0.25) is 0 Å². The molecule has 0 aromatic heterocycles. The van der Waals surface area contributed by atoms with E-state index in [-0.39, 0.29) is 5.82 Å². The summed E-state index contributed by atoms with van der Waals surface area (Å²) in [4.78, 5) is 0. The molecule has 2 atom stereocenters. The summed E-state index contributed by atoms with van der Waals surface area (Å²) in [6, 6.07) is 6.06. The largest absolute Gasteiger partial charge is 0.310 e. The van der Waals surface area contributed by atoms with Crippen LogP contribution in [-0.2, 0) is 6.54 Å². The van der Waals surface area contributed by atoms with Gasteiger partial charge >= 0.3 is 0 Å². The Morgan fingerprint density at radius 2 is 2.25 bits per heavy atom. The number of aryl methyl sites for hydroxylation is 1. The minimum absolute atomic E-state index is 0.112. The van der Waals surface area contributed by atoms with Crippen LogP contribution in [0.4, 0.5) is 4.39 Å². The fourth-order valence-electron chi connectivity index (χ4n) is 2.25. The van der Waals surface area contributed by atoms with Crippen LogP contribution in [-0.4, -0.2) is 6.04 Å². The highest BCUT2D eigenvalue weighted by atomic mass is 19.1. The molecule has 0 spiro atoms. The molecule has 16 heavy (non-hydrogen) atoms. The Hall–Kier alpha value is -0.890. The van der Waals surface area contributed by atoms with Gasteiger partial charge in [0.05, 0.1) is 0 Å². The van der Waals surface area contributed by atoms with Gasteiger partial charge < -0.3 is 5.32 Å². The lowest BCUT2D eigenvalue weighted by molar-refractivity contribution is 0.595. The molecule has 0 aliphatic heterocycles. The van der Waals surface area contributed by atoms with Gasteiger partial charge in [-0.15, -0.1) is 0 Å². The molecular formula is C14H20FN. The minimum atomic E-state index is -0.112. The molecular weight excluding hydrogens is 201 g/mol. The van der Waals surface area contributed by atoms with E-state index in [1.807, 2.05) is 19.1 Å². The fraction of sp³-hybridized carbons (Fsp3) is 0.571. The second-order valence-electron chi connectivity index (χ2n) is 4.86. The first kappa shape index (κ1) is 11.6. The maximum absolute atomic E-state index is 13.1. The van der Waals surface area contributed by atoms with Crippen molar-refractivity contribution in [2.24, 2.45) is 5.92 Å². The Kier molecular flexibility index (Phi) is 3.59. The summed E-state index contributed by atoms with van der Waals surface area (Å²) in [5.74, 6) is 0.769. The normalized spacial score (nSPS) is 23.4. The summed E-state index contributed by atoms with van der Waals surface area (Å²) in [6.07, 6.45) is 3.92. The van der Waals surface area contributed by atoms with E-state index in [0.29, 0.717) is 6.04 Å². The van der Waals surface area contributed by atoms with Gasteiger partial charge in [0, 0.05) is 12.6 Å². The molecule has 2 rings (SSSR count). The molecule has 2 unspecified atom stereocenters. The van der Waals surface area contributed by atoms with Crippen LogP contribution in [0.5, 0.6) is 0 Å². The Bertz CT molecular complexity index is 362. The third kappa shape index (κ3) is 2.82. The van der Waals surface area contributed by atoms with Crippen LogP contribution >= 0.6 is 0 Å². The molecule has 0 bridgehead atoms. The van der Waals surface area contributed by atoms with Gasteiger partial charge in [-0.25, -0.2) is 4.39 Å². The highest BCUT2D eigenvalue weighted by molar-refractivity contribution is 5.24. The van der Waals surface area contributed by atoms with Crippen molar-refractivity contribution in [2.45, 2.75) is 45.7 Å². The lowest BCUT2D eigenvalue weighted by Crippen LogP contribution is -2.17. The number of hydrogen-bond donors (Lipinski definition) is 1. The van der Waals surface area contributed by atoms with Crippen LogP contribution in [0.15, 0.2) is 18.2 Å². The molecule has 88 valence electrons. The summed E-state index contributed by atoms with van der Waals surface area (Å²) >= 11 is 0. The van der Waals surface area contributed by atoms with Gasteiger partial charge in [0.25, 0.3) is 0 Å². The third-order valence-corrected chi connectivity index (χ3v) is 3.37. The van der Waals surface area contributed by atoms with Gasteiger partial charge in [-0.1, -0.05) is 25.5 Å². The maximum Gasteiger partial charge on any atom is 0.126 e. The van der Waals surface area contributed by atoms with Crippen molar-refractivity contribution >= 4 is 0 Å². The predicted octanol–water partition coefficient (Wildman–Crippen LogP) is 3.41. The molecule has 0 amide bonds. The number of rotatable bonds is 5. The van der Waals surface area contributed by atoms with Crippen molar-refractivity contribution in [3.8, 4) is 0 Å². The monoisotopic (exact) mass is 221 g/mol. The van der Waals surface area contributed by atoms with Crippen LogP contribution in [0.3, 0.4) is 0 Å². The van der Waals surface area contributed by atoms with E-state index in [1.54, 1.807) is 6.07 Å². The molecule has 1 aromatic rings. The number of halogens is 1. The lowest BCUT2D eigenvalue weighted by atomic mass is 10.1. The third-order valence-electron chi connectivity index (χ3n) is 3.37. The Morgan fingerprint density at radius 1 is 1.44 bits per heavy atom. The topological polar surface area (TPSA) is 12.0 Å². The van der Waals surface area contributed by atoms with Crippen molar-refractivity contribution in [3.05, 3.63) is 35.1 Å². The summed E-state index contributed by atoms with van der Waals surface area (Å²) < 4.78 is 13.1.